The molecule has 0 saturated carbocycles. The smallest absolute Gasteiger partial charge is 0.188 e. The van der Waals surface area contributed by atoms with Crippen LogP contribution in [0.1, 0.15) is 18.3 Å². The lowest BCUT2D eigenvalue weighted by Gasteiger charge is -2.13. The molecule has 0 spiro atoms. The molecule has 3 N–H and O–H groups in total. The van der Waals surface area contributed by atoms with Crippen molar-refractivity contribution in [3.05, 3.63) is 54.1 Å². The molecular formula is C17H26IN5O. The highest BCUT2D eigenvalue weighted by atomic mass is 127. The largest absolute Gasteiger partial charge is 0.383 e. The van der Waals surface area contributed by atoms with E-state index in [4.69, 9.17) is 10.5 Å². The number of nitrogens with two attached hydrogens (primary N) is 1. The zero-order chi connectivity index (χ0) is 16.5. The fourth-order valence-electron chi connectivity index (χ4n) is 2.36. The molecule has 1 aromatic carbocycles. The van der Waals surface area contributed by atoms with Crippen molar-refractivity contribution < 1.29 is 4.74 Å². The molecule has 132 valence electrons. The third kappa shape index (κ3) is 6.88. The third-order valence-corrected chi connectivity index (χ3v) is 3.43. The van der Waals surface area contributed by atoms with Crippen molar-refractivity contribution in [2.45, 2.75) is 25.9 Å². The molecule has 0 saturated heterocycles. The maximum atomic E-state index is 5.86. The van der Waals surface area contributed by atoms with E-state index in [0.717, 1.165) is 18.8 Å². The van der Waals surface area contributed by atoms with Crippen LogP contribution in [0, 0.1) is 0 Å². The van der Waals surface area contributed by atoms with E-state index in [1.54, 1.807) is 7.11 Å². The first kappa shape index (κ1) is 20.4. The first-order chi connectivity index (χ1) is 11.2. The molecule has 7 heteroatoms. The predicted octanol–water partition coefficient (Wildman–Crippen LogP) is 2.03. The monoisotopic (exact) mass is 443 g/mol. The highest BCUT2D eigenvalue weighted by Gasteiger charge is 2.04. The quantitative estimate of drug-likeness (QED) is 0.372. The van der Waals surface area contributed by atoms with E-state index in [-0.39, 0.29) is 30.0 Å². The lowest BCUT2D eigenvalue weighted by Crippen LogP contribution is -2.40. The molecule has 0 bridgehead atoms. The third-order valence-electron chi connectivity index (χ3n) is 3.43. The van der Waals surface area contributed by atoms with Gasteiger partial charge in [-0.2, -0.15) is 0 Å². The minimum Gasteiger partial charge on any atom is -0.383 e. The number of nitrogens with zero attached hydrogens (tertiary/aromatic N) is 3. The maximum Gasteiger partial charge on any atom is 0.188 e. The fourth-order valence-corrected chi connectivity index (χ4v) is 2.36. The first-order valence-corrected chi connectivity index (χ1v) is 7.78. The van der Waals surface area contributed by atoms with Crippen LogP contribution in [0.2, 0.25) is 0 Å². The maximum absolute atomic E-state index is 5.86. The average molecular weight is 443 g/mol. The molecule has 1 atom stereocenters. The number of rotatable bonds is 8. The van der Waals surface area contributed by atoms with Gasteiger partial charge in [-0.05, 0) is 12.5 Å². The lowest BCUT2D eigenvalue weighted by atomic mass is 10.2. The standard InChI is InChI=1S/C17H25N5O.HI/c1-14(13-23-2)21-17(18)20-9-8-16-19-10-11-22(16)12-15-6-4-3-5-7-15;/h3-7,10-11,14H,8-9,12-13H2,1-2H3,(H3,18,20,21);1H. The van der Waals surface area contributed by atoms with Gasteiger partial charge in [0.15, 0.2) is 5.96 Å². The lowest BCUT2D eigenvalue weighted by molar-refractivity contribution is 0.179. The molecule has 1 heterocycles. The number of ether oxygens (including phenoxy) is 1. The van der Waals surface area contributed by atoms with Gasteiger partial charge in [-0.15, -0.1) is 24.0 Å². The predicted molar refractivity (Wildman–Crippen MR) is 108 cm³/mol. The van der Waals surface area contributed by atoms with E-state index >= 15 is 0 Å². The summed E-state index contributed by atoms with van der Waals surface area (Å²) in [5, 5.41) is 3.09. The second-order valence-corrected chi connectivity index (χ2v) is 5.47. The van der Waals surface area contributed by atoms with Crippen LogP contribution < -0.4 is 11.1 Å². The van der Waals surface area contributed by atoms with E-state index in [1.165, 1.54) is 5.56 Å². The van der Waals surface area contributed by atoms with Crippen LogP contribution >= 0.6 is 24.0 Å². The summed E-state index contributed by atoms with van der Waals surface area (Å²) in [6, 6.07) is 10.5. The van der Waals surface area contributed by atoms with Crippen LogP contribution in [-0.2, 0) is 17.7 Å². The van der Waals surface area contributed by atoms with Crippen LogP contribution in [0.15, 0.2) is 47.7 Å². The van der Waals surface area contributed by atoms with Gasteiger partial charge in [0, 0.05) is 45.1 Å². The second kappa shape index (κ2) is 11.0. The Morgan fingerprint density at radius 3 is 2.83 bits per heavy atom. The Morgan fingerprint density at radius 1 is 1.38 bits per heavy atom. The number of halogens is 1. The van der Waals surface area contributed by atoms with E-state index in [9.17, 15) is 0 Å². The van der Waals surface area contributed by atoms with E-state index in [1.807, 2.05) is 37.5 Å². The molecule has 0 aliphatic heterocycles. The van der Waals surface area contributed by atoms with Gasteiger partial charge in [0.1, 0.15) is 5.82 Å². The molecule has 2 aromatic rings. The molecule has 1 unspecified atom stereocenters. The Kier molecular flexibility index (Phi) is 9.39. The summed E-state index contributed by atoms with van der Waals surface area (Å²) in [5.41, 5.74) is 7.12. The summed E-state index contributed by atoms with van der Waals surface area (Å²) in [4.78, 5) is 8.76. The van der Waals surface area contributed by atoms with Crippen molar-refractivity contribution in [2.24, 2.45) is 10.7 Å². The van der Waals surface area contributed by atoms with Gasteiger partial charge >= 0.3 is 0 Å². The number of benzene rings is 1. The summed E-state index contributed by atoms with van der Waals surface area (Å²) in [7, 11) is 1.66. The Bertz CT molecular complexity index is 614. The normalized spacial score (nSPS) is 12.5. The van der Waals surface area contributed by atoms with Crippen molar-refractivity contribution in [1.29, 1.82) is 0 Å². The Morgan fingerprint density at radius 2 is 2.12 bits per heavy atom. The Hall–Kier alpha value is -1.61. The number of aromatic nitrogens is 2. The highest BCUT2D eigenvalue weighted by Crippen LogP contribution is 2.06. The molecule has 24 heavy (non-hydrogen) atoms. The van der Waals surface area contributed by atoms with Gasteiger partial charge in [0.05, 0.1) is 6.61 Å². The minimum absolute atomic E-state index is 0. The van der Waals surface area contributed by atoms with Crippen molar-refractivity contribution in [3.63, 3.8) is 0 Å². The molecule has 1 aromatic heterocycles. The summed E-state index contributed by atoms with van der Waals surface area (Å²) in [6.45, 7) is 4.01. The Balaban J connectivity index is 0.00000288. The molecule has 0 fully saturated rings. The van der Waals surface area contributed by atoms with Gasteiger partial charge in [0.25, 0.3) is 0 Å². The van der Waals surface area contributed by atoms with Crippen LogP contribution in [0.4, 0.5) is 0 Å². The number of nitrogens with one attached hydrogen (secondary N) is 1. The number of aliphatic imine (C=N–C) groups is 1. The Labute approximate surface area is 160 Å². The van der Waals surface area contributed by atoms with Gasteiger partial charge < -0.3 is 20.4 Å². The van der Waals surface area contributed by atoms with Crippen molar-refractivity contribution in [1.82, 2.24) is 14.9 Å². The van der Waals surface area contributed by atoms with Gasteiger partial charge in [0.2, 0.25) is 0 Å². The summed E-state index contributed by atoms with van der Waals surface area (Å²) in [6.07, 6.45) is 4.57. The number of guanidine groups is 1. The zero-order valence-corrected chi connectivity index (χ0v) is 16.5. The number of hydrogen-bond acceptors (Lipinski definition) is 3. The molecule has 0 aliphatic carbocycles. The van der Waals surface area contributed by atoms with Gasteiger partial charge in [-0.3, -0.25) is 4.99 Å². The molecule has 0 aliphatic rings. The van der Waals surface area contributed by atoms with Crippen molar-refractivity contribution >= 4 is 29.9 Å². The second-order valence-electron chi connectivity index (χ2n) is 5.47. The minimum atomic E-state index is 0. The van der Waals surface area contributed by atoms with Crippen molar-refractivity contribution in [2.75, 3.05) is 20.3 Å². The van der Waals surface area contributed by atoms with Crippen LogP contribution in [0.5, 0.6) is 0 Å². The fraction of sp³-hybridized carbons (Fsp3) is 0.412. The first-order valence-electron chi connectivity index (χ1n) is 7.78. The highest BCUT2D eigenvalue weighted by molar-refractivity contribution is 14.0. The average Bonchev–Trinajstić information content (AvgIpc) is 2.95. The molecule has 6 nitrogen and oxygen atoms in total. The molecule has 2 rings (SSSR count). The SMILES string of the molecule is COCC(C)NC(N)=NCCc1nccn1Cc1ccccc1.I. The number of methoxy groups -OCH3 is 1. The number of imidazole rings is 1. The van der Waals surface area contributed by atoms with E-state index in [0.29, 0.717) is 19.1 Å². The van der Waals surface area contributed by atoms with Crippen LogP contribution in [-0.4, -0.2) is 41.8 Å². The molecular weight excluding hydrogens is 417 g/mol. The summed E-state index contributed by atoms with van der Waals surface area (Å²) < 4.78 is 7.19. The van der Waals surface area contributed by atoms with E-state index < -0.39 is 0 Å². The van der Waals surface area contributed by atoms with Gasteiger partial charge in [-0.25, -0.2) is 4.98 Å². The molecule has 0 amide bonds. The topological polar surface area (TPSA) is 77.5 Å². The zero-order valence-electron chi connectivity index (χ0n) is 14.2. The van der Waals surface area contributed by atoms with Crippen LogP contribution in [0.3, 0.4) is 0 Å². The van der Waals surface area contributed by atoms with Crippen LogP contribution in [0.25, 0.3) is 0 Å². The van der Waals surface area contributed by atoms with E-state index in [2.05, 4.69) is 32.0 Å². The van der Waals surface area contributed by atoms with Crippen molar-refractivity contribution in [3.8, 4) is 0 Å². The molecule has 0 radical (unpaired) electrons. The summed E-state index contributed by atoms with van der Waals surface area (Å²) >= 11 is 0. The summed E-state index contributed by atoms with van der Waals surface area (Å²) in [5.74, 6) is 1.45. The van der Waals surface area contributed by atoms with Gasteiger partial charge in [-0.1, -0.05) is 30.3 Å². The number of hydrogen-bond donors (Lipinski definition) is 2.